The van der Waals surface area contributed by atoms with Gasteiger partial charge in [-0.25, -0.2) is 9.37 Å². The van der Waals surface area contributed by atoms with Crippen LogP contribution in [-0.2, 0) is 11.3 Å². The molecule has 0 bridgehead atoms. The lowest BCUT2D eigenvalue weighted by Gasteiger charge is -2.13. The standard InChI is InChI=1S/C20H20FN3O2/c1-12-10-17-18(11-13(12)2)24(20(26)14(3)22-17)9-8-19(25)23-16-6-4-15(21)5-7-16/h4-7,10-11H,8-9H2,1-3H3,(H,23,25). The van der Waals surface area contributed by atoms with Crippen molar-refractivity contribution in [1.82, 2.24) is 9.55 Å². The molecule has 1 N–H and O–H groups in total. The van der Waals surface area contributed by atoms with Crippen LogP contribution in [-0.4, -0.2) is 15.5 Å². The van der Waals surface area contributed by atoms with E-state index in [0.29, 0.717) is 11.4 Å². The molecule has 5 nitrogen and oxygen atoms in total. The molecule has 2 aromatic carbocycles. The van der Waals surface area contributed by atoms with E-state index in [9.17, 15) is 14.0 Å². The minimum atomic E-state index is -0.362. The number of aryl methyl sites for hydroxylation is 4. The highest BCUT2D eigenvalue weighted by molar-refractivity contribution is 5.90. The zero-order valence-corrected chi connectivity index (χ0v) is 15.0. The maximum absolute atomic E-state index is 12.9. The van der Waals surface area contributed by atoms with Crippen molar-refractivity contribution in [3.63, 3.8) is 0 Å². The quantitative estimate of drug-likeness (QED) is 0.781. The number of hydrogen-bond acceptors (Lipinski definition) is 3. The molecule has 0 radical (unpaired) electrons. The predicted octanol–water partition coefficient (Wildman–Crippen LogP) is 3.49. The summed E-state index contributed by atoms with van der Waals surface area (Å²) in [5.41, 5.74) is 4.35. The molecule has 1 aromatic heterocycles. The molecule has 1 heterocycles. The van der Waals surface area contributed by atoms with Crippen LogP contribution < -0.4 is 10.9 Å². The fourth-order valence-electron chi connectivity index (χ4n) is 2.82. The van der Waals surface area contributed by atoms with Crippen molar-refractivity contribution in [2.24, 2.45) is 0 Å². The fourth-order valence-corrected chi connectivity index (χ4v) is 2.82. The summed E-state index contributed by atoms with van der Waals surface area (Å²) in [7, 11) is 0. The first-order chi connectivity index (χ1) is 12.3. The molecule has 6 heteroatoms. The molecule has 1 amide bonds. The van der Waals surface area contributed by atoms with Gasteiger partial charge in [0.25, 0.3) is 5.56 Å². The maximum Gasteiger partial charge on any atom is 0.272 e. The Labute approximate surface area is 150 Å². The third kappa shape index (κ3) is 3.64. The first-order valence-corrected chi connectivity index (χ1v) is 8.39. The van der Waals surface area contributed by atoms with Crippen LogP contribution in [0.15, 0.2) is 41.2 Å². The summed E-state index contributed by atoms with van der Waals surface area (Å²) < 4.78 is 14.5. The fraction of sp³-hybridized carbons (Fsp3) is 0.250. The summed E-state index contributed by atoms with van der Waals surface area (Å²) in [6.07, 6.45) is 0.128. The molecule has 3 aromatic rings. The first kappa shape index (κ1) is 17.8. The number of carbonyl (C=O) groups is 1. The third-order valence-electron chi connectivity index (χ3n) is 4.41. The number of rotatable bonds is 4. The highest BCUT2D eigenvalue weighted by Gasteiger charge is 2.11. The van der Waals surface area contributed by atoms with Gasteiger partial charge in [-0.15, -0.1) is 0 Å². The largest absolute Gasteiger partial charge is 0.326 e. The Morgan fingerprint density at radius 1 is 1.12 bits per heavy atom. The topological polar surface area (TPSA) is 64.0 Å². The lowest BCUT2D eigenvalue weighted by molar-refractivity contribution is -0.116. The van der Waals surface area contributed by atoms with Crippen LogP contribution in [0, 0.1) is 26.6 Å². The van der Waals surface area contributed by atoms with E-state index in [1.54, 1.807) is 11.5 Å². The van der Waals surface area contributed by atoms with E-state index < -0.39 is 0 Å². The van der Waals surface area contributed by atoms with Gasteiger partial charge in [0.15, 0.2) is 0 Å². The lowest BCUT2D eigenvalue weighted by Crippen LogP contribution is -2.26. The Morgan fingerprint density at radius 3 is 2.46 bits per heavy atom. The van der Waals surface area contributed by atoms with Crippen LogP contribution in [0.3, 0.4) is 0 Å². The van der Waals surface area contributed by atoms with Gasteiger partial charge in [0, 0.05) is 18.7 Å². The van der Waals surface area contributed by atoms with Crippen molar-refractivity contribution in [3.05, 3.63) is 69.4 Å². The van der Waals surface area contributed by atoms with Gasteiger partial charge in [0.1, 0.15) is 11.5 Å². The van der Waals surface area contributed by atoms with Gasteiger partial charge >= 0.3 is 0 Å². The minimum Gasteiger partial charge on any atom is -0.326 e. The van der Waals surface area contributed by atoms with E-state index in [1.165, 1.54) is 24.3 Å². The molecule has 0 fully saturated rings. The lowest BCUT2D eigenvalue weighted by atomic mass is 10.1. The number of nitrogens with zero attached hydrogens (tertiary/aromatic N) is 2. The van der Waals surface area contributed by atoms with E-state index in [-0.39, 0.29) is 30.2 Å². The molecule has 26 heavy (non-hydrogen) atoms. The number of amides is 1. The van der Waals surface area contributed by atoms with Crippen LogP contribution in [0.25, 0.3) is 11.0 Å². The van der Waals surface area contributed by atoms with Gasteiger partial charge in [0.05, 0.1) is 11.0 Å². The summed E-state index contributed by atoms with van der Waals surface area (Å²) >= 11 is 0. The first-order valence-electron chi connectivity index (χ1n) is 8.39. The van der Waals surface area contributed by atoms with Crippen molar-refractivity contribution in [3.8, 4) is 0 Å². The maximum atomic E-state index is 12.9. The van der Waals surface area contributed by atoms with E-state index in [1.807, 2.05) is 26.0 Å². The smallest absolute Gasteiger partial charge is 0.272 e. The monoisotopic (exact) mass is 353 g/mol. The van der Waals surface area contributed by atoms with Crippen LogP contribution >= 0.6 is 0 Å². The predicted molar refractivity (Wildman–Crippen MR) is 99.9 cm³/mol. The number of carbonyl (C=O) groups excluding carboxylic acids is 1. The second-order valence-electron chi connectivity index (χ2n) is 6.38. The average molecular weight is 353 g/mol. The van der Waals surface area contributed by atoms with Crippen molar-refractivity contribution in [2.45, 2.75) is 33.7 Å². The number of aromatic nitrogens is 2. The molecule has 0 aliphatic rings. The molecule has 0 atom stereocenters. The van der Waals surface area contributed by atoms with E-state index in [4.69, 9.17) is 0 Å². The Bertz CT molecular complexity index is 1040. The molecule has 0 saturated carbocycles. The Balaban J connectivity index is 1.85. The number of nitrogens with one attached hydrogen (secondary N) is 1. The third-order valence-corrected chi connectivity index (χ3v) is 4.41. The van der Waals surface area contributed by atoms with Gasteiger partial charge in [0.2, 0.25) is 5.91 Å². The summed E-state index contributed by atoms with van der Waals surface area (Å²) in [5, 5.41) is 2.71. The Hall–Kier alpha value is -3.02. The normalized spacial score (nSPS) is 10.9. The number of anilines is 1. The van der Waals surface area contributed by atoms with Gasteiger partial charge < -0.3 is 9.88 Å². The van der Waals surface area contributed by atoms with Gasteiger partial charge in [-0.3, -0.25) is 9.59 Å². The number of benzene rings is 2. The second-order valence-corrected chi connectivity index (χ2v) is 6.38. The van der Waals surface area contributed by atoms with Crippen LogP contribution in [0.2, 0.25) is 0 Å². The summed E-state index contributed by atoms with van der Waals surface area (Å²) in [4.78, 5) is 29.1. The molecule has 3 rings (SSSR count). The molecular weight excluding hydrogens is 333 g/mol. The van der Waals surface area contributed by atoms with Crippen molar-refractivity contribution in [2.75, 3.05) is 5.32 Å². The molecule has 0 spiro atoms. The minimum absolute atomic E-state index is 0.128. The van der Waals surface area contributed by atoms with Crippen LogP contribution in [0.4, 0.5) is 10.1 Å². The van der Waals surface area contributed by atoms with Crippen LogP contribution in [0.1, 0.15) is 23.2 Å². The van der Waals surface area contributed by atoms with E-state index in [2.05, 4.69) is 10.3 Å². The number of halogens is 1. The van der Waals surface area contributed by atoms with Gasteiger partial charge in [-0.2, -0.15) is 0 Å². The van der Waals surface area contributed by atoms with Crippen LogP contribution in [0.5, 0.6) is 0 Å². The molecule has 0 aliphatic heterocycles. The van der Waals surface area contributed by atoms with Crippen molar-refractivity contribution >= 4 is 22.6 Å². The van der Waals surface area contributed by atoms with Crippen molar-refractivity contribution in [1.29, 1.82) is 0 Å². The Kier molecular flexibility index (Phi) is 4.84. The highest BCUT2D eigenvalue weighted by Crippen LogP contribution is 2.17. The molecule has 0 unspecified atom stereocenters. The Morgan fingerprint density at radius 2 is 1.77 bits per heavy atom. The number of hydrogen-bond donors (Lipinski definition) is 1. The highest BCUT2D eigenvalue weighted by atomic mass is 19.1. The zero-order chi connectivity index (χ0) is 18.8. The molecule has 134 valence electrons. The second kappa shape index (κ2) is 7.07. The summed E-state index contributed by atoms with van der Waals surface area (Å²) in [6.45, 7) is 5.89. The molecular formula is C20H20FN3O2. The van der Waals surface area contributed by atoms with Crippen molar-refractivity contribution < 1.29 is 9.18 Å². The molecule has 0 aliphatic carbocycles. The zero-order valence-electron chi connectivity index (χ0n) is 15.0. The van der Waals surface area contributed by atoms with Gasteiger partial charge in [-0.1, -0.05) is 0 Å². The SMILES string of the molecule is Cc1cc2nc(C)c(=O)n(CCC(=O)Nc3ccc(F)cc3)c2cc1C. The van der Waals surface area contributed by atoms with Gasteiger partial charge in [-0.05, 0) is 68.3 Å². The average Bonchev–Trinajstić information content (AvgIpc) is 2.59. The van der Waals surface area contributed by atoms with E-state index >= 15 is 0 Å². The summed E-state index contributed by atoms with van der Waals surface area (Å²) in [5.74, 6) is -0.603. The van der Waals surface area contributed by atoms with E-state index in [0.717, 1.165) is 22.2 Å². The number of fused-ring (bicyclic) bond motifs is 1. The molecule has 0 saturated heterocycles. The summed E-state index contributed by atoms with van der Waals surface area (Å²) in [6, 6.07) is 9.44.